The van der Waals surface area contributed by atoms with E-state index in [1.54, 1.807) is 4.57 Å². The fourth-order valence-corrected chi connectivity index (χ4v) is 3.34. The van der Waals surface area contributed by atoms with Gasteiger partial charge in [0.25, 0.3) is 0 Å². The number of H-pyrrole nitrogens is 1. The maximum absolute atomic E-state index is 12.3. The number of hydrogen-bond donors (Lipinski definition) is 2. The van der Waals surface area contributed by atoms with Crippen molar-refractivity contribution in [1.82, 2.24) is 19.8 Å². The van der Waals surface area contributed by atoms with Crippen molar-refractivity contribution in [3.63, 3.8) is 0 Å². The van der Waals surface area contributed by atoms with E-state index in [0.29, 0.717) is 25.4 Å². The summed E-state index contributed by atoms with van der Waals surface area (Å²) in [6.45, 7) is 9.90. The van der Waals surface area contributed by atoms with Crippen molar-refractivity contribution in [3.05, 3.63) is 28.7 Å². The number of aromatic amines is 1. The maximum Gasteiger partial charge on any atom is 0.407 e. The van der Waals surface area contributed by atoms with Crippen molar-refractivity contribution < 1.29 is 14.3 Å². The predicted octanol–water partition coefficient (Wildman–Crippen LogP) is 2.33. The molecule has 2 N–H and O–H groups in total. The van der Waals surface area contributed by atoms with E-state index in [1.807, 2.05) is 39.0 Å². The summed E-state index contributed by atoms with van der Waals surface area (Å²) in [6.07, 6.45) is 2.02. The second kappa shape index (κ2) is 8.68. The lowest BCUT2D eigenvalue weighted by Gasteiger charge is -2.19. The lowest BCUT2D eigenvalue weighted by molar-refractivity contribution is 0.0520. The minimum atomic E-state index is -0.524. The molecular formula is C20H30N4O4. The molecule has 0 unspecified atom stereocenters. The van der Waals surface area contributed by atoms with E-state index in [0.717, 1.165) is 30.7 Å². The number of hydrogen-bond acceptors (Lipinski definition) is 5. The molecule has 8 heteroatoms. The van der Waals surface area contributed by atoms with Crippen LogP contribution in [0.1, 0.15) is 33.6 Å². The van der Waals surface area contributed by atoms with Crippen LogP contribution < -0.4 is 15.7 Å². The molecule has 1 aliphatic rings. The zero-order chi connectivity index (χ0) is 20.1. The van der Waals surface area contributed by atoms with Gasteiger partial charge in [-0.3, -0.25) is 4.57 Å². The molecule has 28 heavy (non-hydrogen) atoms. The third-order valence-electron chi connectivity index (χ3n) is 4.62. The van der Waals surface area contributed by atoms with Crippen LogP contribution in [0.4, 0.5) is 4.79 Å². The largest absolute Gasteiger partial charge is 0.492 e. The van der Waals surface area contributed by atoms with Crippen molar-refractivity contribution in [3.8, 4) is 5.75 Å². The minimum absolute atomic E-state index is 0.0991. The Morgan fingerprint density at radius 2 is 1.96 bits per heavy atom. The molecule has 1 aromatic heterocycles. The Bertz CT molecular complexity index is 859. The molecule has 1 aliphatic heterocycles. The Morgan fingerprint density at radius 1 is 1.21 bits per heavy atom. The summed E-state index contributed by atoms with van der Waals surface area (Å²) in [4.78, 5) is 29.2. The van der Waals surface area contributed by atoms with Crippen LogP contribution in [0.2, 0.25) is 0 Å². The third-order valence-corrected chi connectivity index (χ3v) is 4.62. The van der Waals surface area contributed by atoms with E-state index >= 15 is 0 Å². The molecule has 1 aromatic carbocycles. The van der Waals surface area contributed by atoms with Crippen LogP contribution in [-0.2, 0) is 11.3 Å². The van der Waals surface area contributed by atoms with Gasteiger partial charge in [0, 0.05) is 19.2 Å². The van der Waals surface area contributed by atoms with Gasteiger partial charge in [-0.05, 0) is 58.8 Å². The minimum Gasteiger partial charge on any atom is -0.492 e. The van der Waals surface area contributed by atoms with Crippen LogP contribution >= 0.6 is 0 Å². The number of aromatic nitrogens is 2. The normalized spacial score (nSPS) is 15.1. The number of fused-ring (bicyclic) bond motifs is 1. The van der Waals surface area contributed by atoms with E-state index in [-0.39, 0.29) is 5.69 Å². The number of carbonyl (C=O) groups excluding carboxylic acids is 1. The molecule has 1 saturated heterocycles. The molecule has 2 aromatic rings. The third kappa shape index (κ3) is 5.51. The van der Waals surface area contributed by atoms with Crippen molar-refractivity contribution >= 4 is 17.1 Å². The summed E-state index contributed by atoms with van der Waals surface area (Å²) < 4.78 is 12.6. The molecule has 0 bridgehead atoms. The van der Waals surface area contributed by atoms with E-state index in [9.17, 15) is 9.59 Å². The summed E-state index contributed by atoms with van der Waals surface area (Å²) >= 11 is 0. The zero-order valence-corrected chi connectivity index (χ0v) is 16.9. The highest BCUT2D eigenvalue weighted by molar-refractivity contribution is 5.77. The van der Waals surface area contributed by atoms with Crippen LogP contribution in [0.3, 0.4) is 0 Å². The van der Waals surface area contributed by atoms with Gasteiger partial charge < -0.3 is 24.7 Å². The van der Waals surface area contributed by atoms with E-state index in [1.165, 1.54) is 12.8 Å². The molecule has 1 fully saturated rings. The van der Waals surface area contributed by atoms with Crippen molar-refractivity contribution in [1.29, 1.82) is 0 Å². The topological polar surface area (TPSA) is 88.6 Å². The van der Waals surface area contributed by atoms with Crippen LogP contribution in [0, 0.1) is 0 Å². The standard InChI is InChI=1S/C20H30N4O4/c1-20(2,3)28-19(26)21-8-13-27-15-6-7-17-16(14-15)22-18(25)24(17)12-11-23-9-4-5-10-23/h6-7,14H,4-5,8-13H2,1-3H3,(H,21,26)(H,22,25). The van der Waals surface area contributed by atoms with Crippen LogP contribution in [0.5, 0.6) is 5.75 Å². The number of benzene rings is 1. The average molecular weight is 390 g/mol. The van der Waals surface area contributed by atoms with Gasteiger partial charge >= 0.3 is 11.8 Å². The molecule has 154 valence electrons. The van der Waals surface area contributed by atoms with Crippen molar-refractivity contribution in [2.45, 2.75) is 45.8 Å². The van der Waals surface area contributed by atoms with Crippen molar-refractivity contribution in [2.75, 3.05) is 32.8 Å². The number of carbonyl (C=O) groups is 1. The van der Waals surface area contributed by atoms with Gasteiger partial charge in [-0.2, -0.15) is 0 Å². The number of likely N-dealkylation sites (tertiary alicyclic amines) is 1. The number of nitrogens with one attached hydrogen (secondary N) is 2. The lowest BCUT2D eigenvalue weighted by Crippen LogP contribution is -2.34. The monoisotopic (exact) mass is 390 g/mol. The van der Waals surface area contributed by atoms with Gasteiger partial charge in [0.2, 0.25) is 0 Å². The summed E-state index contributed by atoms with van der Waals surface area (Å²) in [5.41, 5.74) is 1.01. The SMILES string of the molecule is CC(C)(C)OC(=O)NCCOc1ccc2c(c1)[nH]c(=O)n2CCN1CCCC1. The van der Waals surface area contributed by atoms with Crippen LogP contribution in [0.15, 0.2) is 23.0 Å². The Labute approximate surface area is 164 Å². The second-order valence-electron chi connectivity index (χ2n) is 8.09. The van der Waals surface area contributed by atoms with Gasteiger partial charge in [0.1, 0.15) is 18.0 Å². The molecule has 0 atom stereocenters. The highest BCUT2D eigenvalue weighted by Crippen LogP contribution is 2.19. The Hall–Kier alpha value is -2.48. The molecule has 8 nitrogen and oxygen atoms in total. The molecule has 2 heterocycles. The molecular weight excluding hydrogens is 360 g/mol. The van der Waals surface area contributed by atoms with Gasteiger partial charge in [-0.15, -0.1) is 0 Å². The van der Waals surface area contributed by atoms with Crippen LogP contribution in [-0.4, -0.2) is 58.9 Å². The first-order chi connectivity index (χ1) is 13.3. The van der Waals surface area contributed by atoms with Crippen LogP contribution in [0.25, 0.3) is 11.0 Å². The average Bonchev–Trinajstić information content (AvgIpc) is 3.22. The van der Waals surface area contributed by atoms with Gasteiger partial charge in [0.05, 0.1) is 17.6 Å². The summed E-state index contributed by atoms with van der Waals surface area (Å²) in [5.74, 6) is 0.645. The van der Waals surface area contributed by atoms with Gasteiger partial charge in [-0.25, -0.2) is 9.59 Å². The number of ether oxygens (including phenoxy) is 2. The Kier molecular flexibility index (Phi) is 6.28. The molecule has 3 rings (SSSR count). The van der Waals surface area contributed by atoms with E-state index < -0.39 is 11.7 Å². The van der Waals surface area contributed by atoms with Gasteiger partial charge in [-0.1, -0.05) is 0 Å². The molecule has 0 saturated carbocycles. The highest BCUT2D eigenvalue weighted by atomic mass is 16.6. The number of amides is 1. The fraction of sp³-hybridized carbons (Fsp3) is 0.600. The number of imidazole rings is 1. The number of rotatable bonds is 7. The summed E-state index contributed by atoms with van der Waals surface area (Å²) in [5, 5.41) is 2.65. The number of nitrogens with zero attached hydrogens (tertiary/aromatic N) is 2. The molecule has 0 radical (unpaired) electrons. The summed E-state index contributed by atoms with van der Waals surface area (Å²) in [7, 11) is 0. The van der Waals surface area contributed by atoms with E-state index in [4.69, 9.17) is 9.47 Å². The van der Waals surface area contributed by atoms with E-state index in [2.05, 4.69) is 15.2 Å². The Balaban J connectivity index is 1.53. The summed E-state index contributed by atoms with van der Waals surface area (Å²) in [6, 6.07) is 5.56. The lowest BCUT2D eigenvalue weighted by atomic mass is 10.2. The van der Waals surface area contributed by atoms with Crippen molar-refractivity contribution in [2.24, 2.45) is 0 Å². The maximum atomic E-state index is 12.3. The smallest absolute Gasteiger partial charge is 0.407 e. The quantitative estimate of drug-likeness (QED) is 0.709. The van der Waals surface area contributed by atoms with Gasteiger partial charge in [0.15, 0.2) is 0 Å². The Morgan fingerprint density at radius 3 is 2.68 bits per heavy atom. The second-order valence-corrected chi connectivity index (χ2v) is 8.09. The predicted molar refractivity (Wildman–Crippen MR) is 108 cm³/mol. The highest BCUT2D eigenvalue weighted by Gasteiger charge is 2.16. The zero-order valence-electron chi connectivity index (χ0n) is 16.9. The molecule has 1 amide bonds. The molecule has 0 spiro atoms. The number of alkyl carbamates (subject to hydrolysis) is 1. The first kappa shape index (κ1) is 20.3. The fourth-order valence-electron chi connectivity index (χ4n) is 3.34. The first-order valence-corrected chi connectivity index (χ1v) is 9.86. The molecule has 0 aliphatic carbocycles. The first-order valence-electron chi connectivity index (χ1n) is 9.86.